The first-order valence-corrected chi connectivity index (χ1v) is 7.57. The largest absolute Gasteiger partial charge is 0.367 e. The fourth-order valence-corrected chi connectivity index (χ4v) is 2.54. The molecular weight excluding hydrogens is 312 g/mol. The third-order valence-corrected chi connectivity index (χ3v) is 3.59. The van der Waals surface area contributed by atoms with Crippen LogP contribution in [0.4, 0.5) is 20.5 Å². The van der Waals surface area contributed by atoms with Crippen molar-refractivity contribution in [2.45, 2.75) is 51.5 Å². The van der Waals surface area contributed by atoms with E-state index in [-0.39, 0.29) is 24.0 Å². The van der Waals surface area contributed by atoms with Gasteiger partial charge in [0.05, 0.1) is 0 Å². The number of anilines is 2. The molecule has 0 radical (unpaired) electrons. The molecule has 0 aliphatic heterocycles. The van der Waals surface area contributed by atoms with Gasteiger partial charge in [-0.25, -0.2) is 13.8 Å². The van der Waals surface area contributed by atoms with Crippen LogP contribution in [-0.2, 0) is 0 Å². The van der Waals surface area contributed by atoms with E-state index in [1.165, 1.54) is 5.01 Å². The highest BCUT2D eigenvalue weighted by Gasteiger charge is 2.34. The van der Waals surface area contributed by atoms with Crippen molar-refractivity contribution in [3.8, 4) is 0 Å². The monoisotopic (exact) mass is 331 g/mol. The van der Waals surface area contributed by atoms with E-state index >= 15 is 0 Å². The van der Waals surface area contributed by atoms with Crippen molar-refractivity contribution in [3.63, 3.8) is 0 Å². The predicted octanol–water partition coefficient (Wildman–Crippen LogP) is 3.95. The second-order valence-corrected chi connectivity index (χ2v) is 6.11. The molecule has 1 heterocycles. The number of nitrogens with zero attached hydrogens (tertiary/aromatic N) is 4. The molecule has 22 heavy (non-hydrogen) atoms. The molecule has 0 bridgehead atoms. The Kier molecular flexibility index (Phi) is 5.16. The summed E-state index contributed by atoms with van der Waals surface area (Å²) in [6.07, 6.45) is 0.614. The van der Waals surface area contributed by atoms with Gasteiger partial charge in [-0.2, -0.15) is 15.1 Å². The van der Waals surface area contributed by atoms with Gasteiger partial charge >= 0.3 is 0 Å². The minimum atomic E-state index is -2.54. The van der Waals surface area contributed by atoms with Gasteiger partial charge in [0.25, 0.3) is 0 Å². The quantitative estimate of drug-likeness (QED) is 0.515. The zero-order valence-corrected chi connectivity index (χ0v) is 13.7. The molecule has 2 rings (SSSR count). The van der Waals surface area contributed by atoms with Gasteiger partial charge in [-0.3, -0.25) is 0 Å². The molecule has 1 aliphatic carbocycles. The minimum absolute atomic E-state index is 0.0276. The van der Waals surface area contributed by atoms with E-state index in [0.29, 0.717) is 24.6 Å². The van der Waals surface area contributed by atoms with E-state index in [1.807, 2.05) is 13.8 Å². The molecule has 0 atom stereocenters. The zero-order valence-electron chi connectivity index (χ0n) is 12.9. The van der Waals surface area contributed by atoms with Crippen LogP contribution in [0.5, 0.6) is 0 Å². The molecule has 1 aromatic rings. The molecule has 1 aliphatic rings. The minimum Gasteiger partial charge on any atom is -0.367 e. The molecule has 0 unspecified atom stereocenters. The van der Waals surface area contributed by atoms with Crippen LogP contribution >= 0.6 is 11.6 Å². The van der Waals surface area contributed by atoms with Gasteiger partial charge in [0.2, 0.25) is 11.9 Å². The summed E-state index contributed by atoms with van der Waals surface area (Å²) in [7, 11) is 1.73. The lowest BCUT2D eigenvalue weighted by molar-refractivity contribution is -0.0361. The Morgan fingerprint density at radius 3 is 2.59 bits per heavy atom. The molecule has 1 aromatic heterocycles. The van der Waals surface area contributed by atoms with Crippen molar-refractivity contribution in [1.82, 2.24) is 9.97 Å². The van der Waals surface area contributed by atoms with Crippen LogP contribution in [0, 0.1) is 0 Å². The van der Waals surface area contributed by atoms with Gasteiger partial charge in [-0.05, 0) is 26.7 Å². The third-order valence-electron chi connectivity index (χ3n) is 3.39. The Balaban J connectivity index is 2.09. The molecule has 0 aromatic carbocycles. The lowest BCUT2D eigenvalue weighted by atomic mass is 9.92. The van der Waals surface area contributed by atoms with Crippen molar-refractivity contribution in [1.29, 1.82) is 0 Å². The van der Waals surface area contributed by atoms with Gasteiger partial charge in [0.15, 0.2) is 0 Å². The van der Waals surface area contributed by atoms with Crippen LogP contribution in [0.25, 0.3) is 0 Å². The molecule has 0 amide bonds. The maximum Gasteiger partial charge on any atom is 0.249 e. The van der Waals surface area contributed by atoms with Crippen LogP contribution in [0.15, 0.2) is 11.2 Å². The molecule has 1 saturated carbocycles. The first-order chi connectivity index (χ1) is 10.2. The fraction of sp³-hybridized carbons (Fsp3) is 0.643. The first-order valence-electron chi connectivity index (χ1n) is 7.20. The fourth-order valence-electron chi connectivity index (χ4n) is 2.36. The molecule has 0 spiro atoms. The van der Waals surface area contributed by atoms with Gasteiger partial charge < -0.3 is 5.32 Å². The summed E-state index contributed by atoms with van der Waals surface area (Å²) in [5.41, 5.74) is 0.857. The summed E-state index contributed by atoms with van der Waals surface area (Å²) < 4.78 is 26.4. The average molecular weight is 332 g/mol. The van der Waals surface area contributed by atoms with Crippen LogP contribution < -0.4 is 10.3 Å². The number of halogens is 3. The maximum atomic E-state index is 13.2. The number of hydrogen-bond acceptors (Lipinski definition) is 5. The third kappa shape index (κ3) is 4.76. The summed E-state index contributed by atoms with van der Waals surface area (Å²) in [4.78, 5) is 8.46. The van der Waals surface area contributed by atoms with E-state index < -0.39 is 5.92 Å². The first kappa shape index (κ1) is 16.9. The molecular formula is C14H20ClF2N5. The molecule has 1 N–H and O–H groups in total. The van der Waals surface area contributed by atoms with Crippen LogP contribution in [0.3, 0.4) is 0 Å². The Labute approximate surface area is 133 Å². The molecule has 122 valence electrons. The number of rotatable bonds is 4. The number of nitrogens with one attached hydrogen (secondary N) is 1. The summed E-state index contributed by atoms with van der Waals surface area (Å²) in [5, 5.41) is 9.21. The molecule has 5 nitrogen and oxygen atoms in total. The Morgan fingerprint density at radius 1 is 1.36 bits per heavy atom. The van der Waals surface area contributed by atoms with Gasteiger partial charge in [0, 0.05) is 37.7 Å². The highest BCUT2D eigenvalue weighted by Crippen LogP contribution is 2.34. The summed E-state index contributed by atoms with van der Waals surface area (Å²) in [5.74, 6) is -1.65. The Morgan fingerprint density at radius 2 is 2.00 bits per heavy atom. The number of hydrazone groups is 1. The van der Waals surface area contributed by atoms with Gasteiger partial charge in [0.1, 0.15) is 11.0 Å². The lowest BCUT2D eigenvalue weighted by Gasteiger charge is -2.29. The van der Waals surface area contributed by atoms with Crippen LogP contribution in [0.1, 0.15) is 39.5 Å². The zero-order chi connectivity index (χ0) is 16.3. The number of alkyl halides is 2. The molecule has 0 saturated heterocycles. The predicted molar refractivity (Wildman–Crippen MR) is 85.1 cm³/mol. The van der Waals surface area contributed by atoms with Crippen molar-refractivity contribution in [3.05, 3.63) is 11.2 Å². The standard InChI is InChI=1S/C14H20ClF2N5/c1-9(2)21-22(3)13-19-11(15)8-12(20-13)18-10-4-6-14(16,17)7-5-10/h8,10H,4-7H2,1-3H3,(H,18,19,20). The highest BCUT2D eigenvalue weighted by molar-refractivity contribution is 6.29. The molecule has 1 fully saturated rings. The summed E-state index contributed by atoms with van der Waals surface area (Å²) >= 11 is 6.01. The Hall–Kier alpha value is -1.50. The smallest absolute Gasteiger partial charge is 0.249 e. The van der Waals surface area contributed by atoms with Gasteiger partial charge in [-0.1, -0.05) is 11.6 Å². The van der Waals surface area contributed by atoms with E-state index in [0.717, 1.165) is 5.71 Å². The second kappa shape index (κ2) is 6.73. The van der Waals surface area contributed by atoms with Crippen molar-refractivity contribution >= 4 is 29.1 Å². The highest BCUT2D eigenvalue weighted by atomic mass is 35.5. The van der Waals surface area contributed by atoms with E-state index in [9.17, 15) is 8.78 Å². The van der Waals surface area contributed by atoms with Crippen molar-refractivity contribution < 1.29 is 8.78 Å². The summed E-state index contributed by atoms with van der Waals surface area (Å²) in [6.45, 7) is 3.73. The number of hydrogen-bond donors (Lipinski definition) is 1. The van der Waals surface area contributed by atoms with Crippen LogP contribution in [0.2, 0.25) is 5.15 Å². The van der Waals surface area contributed by atoms with E-state index in [4.69, 9.17) is 11.6 Å². The maximum absolute atomic E-state index is 13.2. The summed E-state index contributed by atoms with van der Waals surface area (Å²) in [6, 6.07) is 1.56. The molecule has 8 heteroatoms. The van der Waals surface area contributed by atoms with Gasteiger partial charge in [-0.15, -0.1) is 0 Å². The van der Waals surface area contributed by atoms with E-state index in [2.05, 4.69) is 20.4 Å². The SMILES string of the molecule is CC(C)=NN(C)c1nc(Cl)cc(NC2CCC(F)(F)CC2)n1. The van der Waals surface area contributed by atoms with Crippen LogP contribution in [-0.4, -0.2) is 34.7 Å². The van der Waals surface area contributed by atoms with E-state index in [1.54, 1.807) is 13.1 Å². The Bertz CT molecular complexity index is 550. The van der Waals surface area contributed by atoms with Crippen molar-refractivity contribution in [2.24, 2.45) is 5.10 Å². The second-order valence-electron chi connectivity index (χ2n) is 5.72. The van der Waals surface area contributed by atoms with Crippen molar-refractivity contribution in [2.75, 3.05) is 17.4 Å². The lowest BCUT2D eigenvalue weighted by Crippen LogP contribution is -2.32. The number of aromatic nitrogens is 2. The average Bonchev–Trinajstić information content (AvgIpc) is 2.40. The topological polar surface area (TPSA) is 53.4 Å². The normalized spacial score (nSPS) is 17.9.